The van der Waals surface area contributed by atoms with Crippen LogP contribution >= 0.6 is 0 Å². The molecular weight excluding hydrogens is 204 g/mol. The van der Waals surface area contributed by atoms with E-state index in [1.165, 1.54) is 12.8 Å². The molecule has 0 bridgehead atoms. The van der Waals surface area contributed by atoms with E-state index in [9.17, 15) is 4.79 Å². The highest BCUT2D eigenvalue weighted by molar-refractivity contribution is 5.77. The van der Waals surface area contributed by atoms with Gasteiger partial charge in [-0.05, 0) is 38.1 Å². The molecule has 4 heteroatoms. The molecular formula is C12H22N2O2. The molecule has 0 atom stereocenters. The Bertz CT molecular complexity index is 233. The van der Waals surface area contributed by atoms with Crippen molar-refractivity contribution in [3.05, 3.63) is 0 Å². The van der Waals surface area contributed by atoms with Gasteiger partial charge in [0.1, 0.15) is 6.61 Å². The maximum absolute atomic E-state index is 11.5. The van der Waals surface area contributed by atoms with E-state index in [2.05, 4.69) is 5.32 Å². The highest BCUT2D eigenvalue weighted by Crippen LogP contribution is 2.28. The molecule has 2 rings (SSSR count). The van der Waals surface area contributed by atoms with E-state index in [0.29, 0.717) is 12.0 Å². The molecule has 92 valence electrons. The van der Waals surface area contributed by atoms with Gasteiger partial charge in [0, 0.05) is 6.04 Å². The zero-order chi connectivity index (χ0) is 11.4. The summed E-state index contributed by atoms with van der Waals surface area (Å²) >= 11 is 0. The van der Waals surface area contributed by atoms with E-state index in [0.717, 1.165) is 32.2 Å². The normalized spacial score (nSPS) is 30.1. The zero-order valence-electron chi connectivity index (χ0n) is 9.78. The third kappa shape index (κ3) is 3.19. The molecule has 0 unspecified atom stereocenters. The second kappa shape index (κ2) is 5.64. The van der Waals surface area contributed by atoms with Crippen molar-refractivity contribution in [2.45, 2.75) is 50.7 Å². The summed E-state index contributed by atoms with van der Waals surface area (Å²) in [7, 11) is 0. The number of nitrogens with one attached hydrogen (secondary N) is 1. The minimum atomic E-state index is 0.0445. The molecule has 0 aliphatic heterocycles. The second-order valence-corrected chi connectivity index (χ2v) is 5.06. The molecule has 2 fully saturated rings. The molecule has 0 radical (unpaired) electrons. The van der Waals surface area contributed by atoms with Crippen LogP contribution in [-0.2, 0) is 9.53 Å². The van der Waals surface area contributed by atoms with Gasteiger partial charge in [0.2, 0.25) is 5.91 Å². The number of carbonyl (C=O) groups excluding carboxylic acids is 1. The third-order valence-corrected chi connectivity index (χ3v) is 3.70. The van der Waals surface area contributed by atoms with Gasteiger partial charge >= 0.3 is 0 Å². The fourth-order valence-corrected chi connectivity index (χ4v) is 2.54. The van der Waals surface area contributed by atoms with E-state index in [4.69, 9.17) is 10.5 Å². The average molecular weight is 226 g/mol. The van der Waals surface area contributed by atoms with Crippen LogP contribution < -0.4 is 11.1 Å². The number of rotatable bonds is 5. The van der Waals surface area contributed by atoms with Crippen molar-refractivity contribution < 1.29 is 9.53 Å². The maximum atomic E-state index is 11.5. The van der Waals surface area contributed by atoms with Gasteiger partial charge in [-0.1, -0.05) is 12.8 Å². The summed E-state index contributed by atoms with van der Waals surface area (Å²) in [6.07, 6.45) is 7.05. The molecule has 2 saturated carbocycles. The Labute approximate surface area is 96.9 Å². The lowest BCUT2D eigenvalue weighted by Gasteiger charge is -2.34. The fraction of sp³-hybridized carbons (Fsp3) is 0.917. The van der Waals surface area contributed by atoms with E-state index >= 15 is 0 Å². The van der Waals surface area contributed by atoms with Gasteiger partial charge in [0.05, 0.1) is 6.10 Å². The molecule has 16 heavy (non-hydrogen) atoms. The standard InChI is InChI=1S/C12H22N2O2/c13-7-9-5-11(6-9)16-8-12(15)14-10-3-1-2-4-10/h9-11H,1-8,13H2,(H,14,15). The van der Waals surface area contributed by atoms with Crippen molar-refractivity contribution >= 4 is 5.91 Å². The van der Waals surface area contributed by atoms with Gasteiger partial charge < -0.3 is 15.8 Å². The minimum Gasteiger partial charge on any atom is -0.368 e. The predicted molar refractivity (Wildman–Crippen MR) is 61.9 cm³/mol. The molecule has 0 aromatic heterocycles. The Morgan fingerprint density at radius 3 is 2.62 bits per heavy atom. The van der Waals surface area contributed by atoms with Crippen molar-refractivity contribution in [3.63, 3.8) is 0 Å². The summed E-state index contributed by atoms with van der Waals surface area (Å²) in [5, 5.41) is 3.02. The highest BCUT2D eigenvalue weighted by atomic mass is 16.5. The summed E-state index contributed by atoms with van der Waals surface area (Å²) in [6.45, 7) is 0.965. The Kier molecular flexibility index (Phi) is 4.18. The molecule has 2 aliphatic rings. The van der Waals surface area contributed by atoms with Gasteiger partial charge in [0.25, 0.3) is 0 Å². The summed E-state index contributed by atoms with van der Waals surface area (Å²) in [4.78, 5) is 11.5. The van der Waals surface area contributed by atoms with Gasteiger partial charge in [-0.25, -0.2) is 0 Å². The molecule has 2 aliphatic carbocycles. The van der Waals surface area contributed by atoms with Crippen LogP contribution in [0.2, 0.25) is 0 Å². The first-order valence-electron chi connectivity index (χ1n) is 6.39. The van der Waals surface area contributed by atoms with Crippen molar-refractivity contribution in [2.24, 2.45) is 11.7 Å². The molecule has 0 saturated heterocycles. The number of hydrogen-bond acceptors (Lipinski definition) is 3. The lowest BCUT2D eigenvalue weighted by molar-refractivity contribution is -0.131. The predicted octanol–water partition coefficient (Wildman–Crippen LogP) is 0.799. The highest BCUT2D eigenvalue weighted by Gasteiger charge is 2.29. The zero-order valence-corrected chi connectivity index (χ0v) is 9.78. The summed E-state index contributed by atoms with van der Waals surface area (Å²) in [6, 6.07) is 0.397. The van der Waals surface area contributed by atoms with Gasteiger partial charge in [-0.2, -0.15) is 0 Å². The molecule has 0 spiro atoms. The summed E-state index contributed by atoms with van der Waals surface area (Å²) in [5.74, 6) is 0.658. The summed E-state index contributed by atoms with van der Waals surface area (Å²) in [5.41, 5.74) is 5.53. The lowest BCUT2D eigenvalue weighted by Crippen LogP contribution is -2.40. The number of carbonyl (C=O) groups is 1. The van der Waals surface area contributed by atoms with Crippen LogP contribution in [0.3, 0.4) is 0 Å². The minimum absolute atomic E-state index is 0.0445. The number of nitrogens with two attached hydrogens (primary N) is 1. The van der Waals surface area contributed by atoms with E-state index in [1.54, 1.807) is 0 Å². The monoisotopic (exact) mass is 226 g/mol. The van der Waals surface area contributed by atoms with Crippen LogP contribution in [0.5, 0.6) is 0 Å². The summed E-state index contributed by atoms with van der Waals surface area (Å²) < 4.78 is 5.51. The Hall–Kier alpha value is -0.610. The SMILES string of the molecule is NCC1CC(OCC(=O)NC2CCCC2)C1. The third-order valence-electron chi connectivity index (χ3n) is 3.70. The van der Waals surface area contributed by atoms with Crippen LogP contribution in [0.1, 0.15) is 38.5 Å². The van der Waals surface area contributed by atoms with Crippen LogP contribution in [0.4, 0.5) is 0 Å². The van der Waals surface area contributed by atoms with Gasteiger partial charge in [-0.3, -0.25) is 4.79 Å². The number of ether oxygens (including phenoxy) is 1. The average Bonchev–Trinajstić information content (AvgIpc) is 2.68. The quantitative estimate of drug-likeness (QED) is 0.728. The topological polar surface area (TPSA) is 64.3 Å². The molecule has 0 aromatic carbocycles. The first kappa shape index (κ1) is 11.9. The van der Waals surface area contributed by atoms with E-state index in [-0.39, 0.29) is 18.6 Å². The smallest absolute Gasteiger partial charge is 0.246 e. The molecule has 1 amide bonds. The van der Waals surface area contributed by atoms with Crippen LogP contribution in [0.15, 0.2) is 0 Å². The van der Waals surface area contributed by atoms with Crippen molar-refractivity contribution in [3.8, 4) is 0 Å². The Morgan fingerprint density at radius 1 is 1.31 bits per heavy atom. The Balaban J connectivity index is 1.54. The van der Waals surface area contributed by atoms with Crippen molar-refractivity contribution in [1.82, 2.24) is 5.32 Å². The fourth-order valence-electron chi connectivity index (χ4n) is 2.54. The van der Waals surface area contributed by atoms with E-state index < -0.39 is 0 Å². The first-order valence-corrected chi connectivity index (χ1v) is 6.39. The molecule has 0 heterocycles. The van der Waals surface area contributed by atoms with Crippen LogP contribution in [0.25, 0.3) is 0 Å². The Morgan fingerprint density at radius 2 is 2.00 bits per heavy atom. The lowest BCUT2D eigenvalue weighted by atomic mass is 9.82. The number of hydrogen-bond donors (Lipinski definition) is 2. The van der Waals surface area contributed by atoms with Crippen LogP contribution in [-0.4, -0.2) is 31.2 Å². The largest absolute Gasteiger partial charge is 0.368 e. The number of amides is 1. The molecule has 4 nitrogen and oxygen atoms in total. The molecule has 0 aromatic rings. The van der Waals surface area contributed by atoms with Crippen LogP contribution in [0, 0.1) is 5.92 Å². The van der Waals surface area contributed by atoms with Gasteiger partial charge in [-0.15, -0.1) is 0 Å². The second-order valence-electron chi connectivity index (χ2n) is 5.06. The van der Waals surface area contributed by atoms with Crippen molar-refractivity contribution in [2.75, 3.05) is 13.2 Å². The van der Waals surface area contributed by atoms with Gasteiger partial charge in [0.15, 0.2) is 0 Å². The van der Waals surface area contributed by atoms with Crippen molar-refractivity contribution in [1.29, 1.82) is 0 Å². The molecule has 3 N–H and O–H groups in total. The van der Waals surface area contributed by atoms with E-state index in [1.807, 2.05) is 0 Å². The first-order chi connectivity index (χ1) is 7.78. The maximum Gasteiger partial charge on any atom is 0.246 e.